The Hall–Kier alpha value is -2.30. The molecule has 1 amide bonds. The Labute approximate surface area is 129 Å². The van der Waals surface area contributed by atoms with Crippen LogP contribution in [0.1, 0.15) is 22.3 Å². The summed E-state index contributed by atoms with van der Waals surface area (Å²) in [7, 11) is 2.89. The summed E-state index contributed by atoms with van der Waals surface area (Å²) in [5.41, 5.74) is 5.01. The maximum absolute atomic E-state index is 12.2. The zero-order valence-corrected chi connectivity index (χ0v) is 13.6. The third-order valence-electron chi connectivity index (χ3n) is 3.99. The fourth-order valence-corrected chi connectivity index (χ4v) is 2.56. The fourth-order valence-electron chi connectivity index (χ4n) is 2.56. The third kappa shape index (κ3) is 2.98. The van der Waals surface area contributed by atoms with Crippen molar-refractivity contribution >= 4 is 22.8 Å². The van der Waals surface area contributed by atoms with Gasteiger partial charge in [-0.1, -0.05) is 6.07 Å². The quantitative estimate of drug-likeness (QED) is 0.814. The van der Waals surface area contributed by atoms with Crippen molar-refractivity contribution < 1.29 is 18.7 Å². The van der Waals surface area contributed by atoms with Crippen LogP contribution in [-0.4, -0.2) is 37.5 Å². The summed E-state index contributed by atoms with van der Waals surface area (Å²) in [6.45, 7) is 6.01. The monoisotopic (exact) mass is 303 g/mol. The molecule has 0 aliphatic heterocycles. The summed E-state index contributed by atoms with van der Waals surface area (Å²) >= 11 is 0. The van der Waals surface area contributed by atoms with Gasteiger partial charge in [-0.05, 0) is 37.5 Å². The Morgan fingerprint density at radius 1 is 1.23 bits per heavy atom. The first-order valence-electron chi connectivity index (χ1n) is 7.12. The maximum atomic E-state index is 12.2. The first-order chi connectivity index (χ1) is 10.3. The standard InChI is InChI=1S/C17H21NO4/c1-10-6-11(2)16-13(9-22-17(16)12(10)3)7-14(19)18(4)8-15(20)21-5/h6,9H,7-8H2,1-5H3. The molecule has 0 radical (unpaired) electrons. The lowest BCUT2D eigenvalue weighted by Crippen LogP contribution is -2.33. The molecule has 0 bridgehead atoms. The van der Waals surface area contributed by atoms with Crippen LogP contribution in [0, 0.1) is 20.8 Å². The largest absolute Gasteiger partial charge is 0.468 e. The molecule has 118 valence electrons. The van der Waals surface area contributed by atoms with Crippen LogP contribution in [0.15, 0.2) is 16.7 Å². The van der Waals surface area contributed by atoms with E-state index < -0.39 is 5.97 Å². The van der Waals surface area contributed by atoms with Gasteiger partial charge in [0.15, 0.2) is 0 Å². The van der Waals surface area contributed by atoms with Gasteiger partial charge in [-0.15, -0.1) is 0 Å². The van der Waals surface area contributed by atoms with Crippen LogP contribution in [0.2, 0.25) is 0 Å². The Bertz CT molecular complexity index is 730. The van der Waals surface area contributed by atoms with Crippen molar-refractivity contribution in [1.29, 1.82) is 0 Å². The molecule has 0 aliphatic rings. The maximum Gasteiger partial charge on any atom is 0.325 e. The highest BCUT2D eigenvalue weighted by atomic mass is 16.5. The van der Waals surface area contributed by atoms with Gasteiger partial charge in [-0.3, -0.25) is 9.59 Å². The lowest BCUT2D eigenvalue weighted by molar-refractivity contribution is -0.145. The number of nitrogens with zero attached hydrogens (tertiary/aromatic N) is 1. The van der Waals surface area contributed by atoms with Gasteiger partial charge >= 0.3 is 5.97 Å². The number of carbonyl (C=O) groups excluding carboxylic acids is 2. The van der Waals surface area contributed by atoms with Crippen molar-refractivity contribution in [3.05, 3.63) is 34.6 Å². The first-order valence-corrected chi connectivity index (χ1v) is 7.12. The van der Waals surface area contributed by atoms with Crippen molar-refractivity contribution in [2.45, 2.75) is 27.2 Å². The van der Waals surface area contributed by atoms with Crippen LogP contribution in [0.25, 0.3) is 11.0 Å². The highest BCUT2D eigenvalue weighted by Gasteiger charge is 2.18. The number of aryl methyl sites for hydroxylation is 3. The molecule has 0 spiro atoms. The second-order valence-corrected chi connectivity index (χ2v) is 5.60. The predicted molar refractivity (Wildman–Crippen MR) is 83.8 cm³/mol. The highest BCUT2D eigenvalue weighted by Crippen LogP contribution is 2.30. The minimum Gasteiger partial charge on any atom is -0.468 e. The summed E-state index contributed by atoms with van der Waals surface area (Å²) in [4.78, 5) is 24.9. The number of carbonyl (C=O) groups is 2. The summed E-state index contributed by atoms with van der Waals surface area (Å²) in [5, 5.41) is 0.989. The molecule has 5 heteroatoms. The number of hydrogen-bond donors (Lipinski definition) is 0. The molecule has 5 nitrogen and oxygen atoms in total. The molecule has 1 heterocycles. The molecule has 0 unspecified atom stereocenters. The number of methoxy groups -OCH3 is 1. The zero-order chi connectivity index (χ0) is 16.4. The Kier molecular flexibility index (Phi) is 4.54. The predicted octanol–water partition coefficient (Wildman–Crippen LogP) is 2.53. The van der Waals surface area contributed by atoms with Gasteiger partial charge in [0.2, 0.25) is 5.91 Å². The normalized spacial score (nSPS) is 10.8. The van der Waals surface area contributed by atoms with Gasteiger partial charge in [0.05, 0.1) is 19.8 Å². The first kappa shape index (κ1) is 16.1. The van der Waals surface area contributed by atoms with Crippen LogP contribution in [0.4, 0.5) is 0 Å². The third-order valence-corrected chi connectivity index (χ3v) is 3.99. The number of esters is 1. The molecule has 0 fully saturated rings. The summed E-state index contributed by atoms with van der Waals surface area (Å²) in [6, 6.07) is 2.10. The lowest BCUT2D eigenvalue weighted by Gasteiger charge is -2.15. The number of ether oxygens (including phenoxy) is 1. The zero-order valence-electron chi connectivity index (χ0n) is 13.6. The van der Waals surface area contributed by atoms with E-state index in [1.807, 2.05) is 20.8 Å². The van der Waals surface area contributed by atoms with E-state index in [0.29, 0.717) is 0 Å². The molecule has 1 aromatic heterocycles. The molecule has 1 aromatic carbocycles. The number of hydrogen-bond acceptors (Lipinski definition) is 4. The molecule has 2 rings (SSSR count). The van der Waals surface area contributed by atoms with Gasteiger partial charge in [-0.25, -0.2) is 0 Å². The van der Waals surface area contributed by atoms with E-state index in [1.165, 1.54) is 17.6 Å². The number of fused-ring (bicyclic) bond motifs is 1. The number of likely N-dealkylation sites (N-methyl/N-ethyl adjacent to an activating group) is 1. The molecule has 0 saturated carbocycles. The van der Waals surface area contributed by atoms with Crippen molar-refractivity contribution in [2.24, 2.45) is 0 Å². The number of amides is 1. The fraction of sp³-hybridized carbons (Fsp3) is 0.412. The van der Waals surface area contributed by atoms with Crippen LogP contribution in [0.5, 0.6) is 0 Å². The van der Waals surface area contributed by atoms with Gasteiger partial charge in [-0.2, -0.15) is 0 Å². The average Bonchev–Trinajstić information content (AvgIpc) is 2.88. The number of rotatable bonds is 4. The number of benzene rings is 1. The van der Waals surface area contributed by atoms with Crippen LogP contribution in [0.3, 0.4) is 0 Å². The van der Waals surface area contributed by atoms with E-state index in [9.17, 15) is 9.59 Å². The molecule has 22 heavy (non-hydrogen) atoms. The summed E-state index contributed by atoms with van der Waals surface area (Å²) < 4.78 is 10.2. The topological polar surface area (TPSA) is 59.8 Å². The van der Waals surface area contributed by atoms with E-state index >= 15 is 0 Å². The summed E-state index contributed by atoms with van der Waals surface area (Å²) in [5.74, 6) is -0.582. The van der Waals surface area contributed by atoms with E-state index in [0.717, 1.165) is 27.7 Å². The molecule has 0 aliphatic carbocycles. The molecule has 0 atom stereocenters. The van der Waals surface area contributed by atoms with Gasteiger partial charge in [0.25, 0.3) is 0 Å². The Morgan fingerprint density at radius 2 is 1.91 bits per heavy atom. The van der Waals surface area contributed by atoms with Crippen LogP contribution in [-0.2, 0) is 20.7 Å². The SMILES string of the molecule is COC(=O)CN(C)C(=O)Cc1coc2c(C)c(C)cc(C)c12. The van der Waals surface area contributed by atoms with Crippen molar-refractivity contribution in [3.8, 4) is 0 Å². The summed E-state index contributed by atoms with van der Waals surface area (Å²) in [6.07, 6.45) is 1.83. The van der Waals surface area contributed by atoms with E-state index in [2.05, 4.69) is 10.8 Å². The van der Waals surface area contributed by atoms with Gasteiger partial charge in [0, 0.05) is 18.0 Å². The molecular weight excluding hydrogens is 282 g/mol. The highest BCUT2D eigenvalue weighted by molar-refractivity contribution is 5.92. The molecular formula is C17H21NO4. The van der Waals surface area contributed by atoms with E-state index in [4.69, 9.17) is 4.42 Å². The molecule has 0 saturated heterocycles. The Morgan fingerprint density at radius 3 is 2.55 bits per heavy atom. The Balaban J connectivity index is 2.27. The second kappa shape index (κ2) is 6.22. The minimum atomic E-state index is -0.435. The molecule has 0 N–H and O–H groups in total. The van der Waals surface area contributed by atoms with E-state index in [1.54, 1.807) is 13.3 Å². The van der Waals surface area contributed by atoms with Crippen molar-refractivity contribution in [2.75, 3.05) is 20.7 Å². The van der Waals surface area contributed by atoms with Gasteiger partial charge in [0.1, 0.15) is 12.1 Å². The smallest absolute Gasteiger partial charge is 0.325 e. The van der Waals surface area contributed by atoms with Crippen molar-refractivity contribution in [1.82, 2.24) is 4.90 Å². The minimum absolute atomic E-state index is 0.0533. The lowest BCUT2D eigenvalue weighted by atomic mass is 9.99. The van der Waals surface area contributed by atoms with Crippen LogP contribution >= 0.6 is 0 Å². The van der Waals surface area contributed by atoms with Crippen LogP contribution < -0.4 is 0 Å². The number of furan rings is 1. The van der Waals surface area contributed by atoms with E-state index in [-0.39, 0.29) is 18.9 Å². The van der Waals surface area contributed by atoms with Crippen molar-refractivity contribution in [3.63, 3.8) is 0 Å². The molecule has 2 aromatic rings. The van der Waals surface area contributed by atoms with Gasteiger partial charge < -0.3 is 14.1 Å². The second-order valence-electron chi connectivity index (χ2n) is 5.60. The average molecular weight is 303 g/mol.